The van der Waals surface area contributed by atoms with Crippen molar-refractivity contribution in [2.45, 2.75) is 140 Å². The van der Waals surface area contributed by atoms with E-state index < -0.39 is 9.84 Å². The molecule has 0 heterocycles. The third-order valence-electron chi connectivity index (χ3n) is 9.10. The fourth-order valence-electron chi connectivity index (χ4n) is 4.02. The number of benzene rings is 2. The molecule has 35 heavy (non-hydrogen) atoms. The highest BCUT2D eigenvalue weighted by Crippen LogP contribution is 2.39. The van der Waals surface area contributed by atoms with Gasteiger partial charge in [0.05, 0.1) is 9.79 Å². The number of hydrogen-bond acceptors (Lipinski definition) is 2. The molecule has 0 aliphatic rings. The molecule has 0 N–H and O–H groups in total. The number of rotatable bonds is 10. The lowest BCUT2D eigenvalue weighted by atomic mass is 9.77. The van der Waals surface area contributed by atoms with Gasteiger partial charge in [-0.1, -0.05) is 95.2 Å². The van der Waals surface area contributed by atoms with E-state index >= 15 is 0 Å². The summed E-state index contributed by atoms with van der Waals surface area (Å²) in [6.45, 7) is 26.3. The Kier molecular flexibility index (Phi) is 8.49. The van der Waals surface area contributed by atoms with Crippen molar-refractivity contribution in [2.75, 3.05) is 0 Å². The van der Waals surface area contributed by atoms with Gasteiger partial charge in [-0.25, -0.2) is 8.42 Å². The monoisotopic (exact) mass is 498 g/mol. The van der Waals surface area contributed by atoms with E-state index in [0.717, 1.165) is 47.9 Å². The van der Waals surface area contributed by atoms with Crippen LogP contribution in [0.25, 0.3) is 0 Å². The highest BCUT2D eigenvalue weighted by molar-refractivity contribution is 7.91. The lowest BCUT2D eigenvalue weighted by molar-refractivity contribution is 0.485. The predicted octanol–water partition coefficient (Wildman–Crippen LogP) is 9.27. The van der Waals surface area contributed by atoms with Gasteiger partial charge in [0.2, 0.25) is 9.84 Å². The summed E-state index contributed by atoms with van der Waals surface area (Å²) in [5, 5.41) is 0. The molecule has 2 rings (SSSR count). The quantitative estimate of drug-likeness (QED) is 0.327. The molecule has 0 atom stereocenters. The third-order valence-corrected chi connectivity index (χ3v) is 10.8. The average Bonchev–Trinajstić information content (AvgIpc) is 2.83. The minimum absolute atomic E-state index is 0.106. The van der Waals surface area contributed by atoms with Crippen molar-refractivity contribution >= 4 is 9.84 Å². The van der Waals surface area contributed by atoms with Crippen LogP contribution in [0.15, 0.2) is 46.2 Å². The summed E-state index contributed by atoms with van der Waals surface area (Å²) >= 11 is 0. The third kappa shape index (κ3) is 6.04. The van der Waals surface area contributed by atoms with E-state index in [0.29, 0.717) is 9.79 Å². The minimum Gasteiger partial charge on any atom is -0.219 e. The molecule has 0 aliphatic heterocycles. The highest BCUT2D eigenvalue weighted by atomic mass is 32.2. The van der Waals surface area contributed by atoms with Crippen LogP contribution >= 0.6 is 0 Å². The smallest absolute Gasteiger partial charge is 0.206 e. The van der Waals surface area contributed by atoms with Crippen LogP contribution in [0.5, 0.6) is 0 Å². The van der Waals surface area contributed by atoms with E-state index in [1.165, 1.54) is 0 Å². The van der Waals surface area contributed by atoms with Crippen LogP contribution in [0.1, 0.15) is 131 Å². The molecular formula is C32H50O2S. The Morgan fingerprint density at radius 2 is 0.657 bits per heavy atom. The summed E-state index contributed by atoms with van der Waals surface area (Å²) in [5.41, 5.74) is 3.95. The Hall–Kier alpha value is -1.61. The van der Waals surface area contributed by atoms with E-state index in [4.69, 9.17) is 0 Å². The molecule has 0 spiro atoms. The number of hydrogen-bond donors (Lipinski definition) is 0. The van der Waals surface area contributed by atoms with Gasteiger partial charge in [-0.15, -0.1) is 0 Å². The van der Waals surface area contributed by atoms with Gasteiger partial charge in [0.1, 0.15) is 0 Å². The van der Waals surface area contributed by atoms with Crippen LogP contribution in [0.4, 0.5) is 0 Å². The summed E-state index contributed by atoms with van der Waals surface area (Å²) in [7, 11) is -3.70. The van der Waals surface area contributed by atoms with Gasteiger partial charge < -0.3 is 0 Å². The summed E-state index contributed by atoms with van der Waals surface area (Å²) < 4.78 is 28.6. The Labute approximate surface area is 216 Å². The molecule has 0 unspecified atom stereocenters. The fourth-order valence-corrected chi connectivity index (χ4v) is 5.42. The van der Waals surface area contributed by atoms with Crippen molar-refractivity contribution < 1.29 is 8.42 Å². The highest BCUT2D eigenvalue weighted by Gasteiger charge is 2.31. The Morgan fingerprint density at radius 1 is 0.457 bits per heavy atom. The SMILES string of the molecule is CCC(C)(C)c1cc(C(C)(C)CC)cc(S(=O)(=O)c2cc(C(C)(C)CC)cc(C(C)(C)CC)c2)c1. The maximum absolute atomic E-state index is 14.3. The van der Waals surface area contributed by atoms with Gasteiger partial charge in [0, 0.05) is 0 Å². The number of sulfone groups is 1. The molecule has 0 saturated heterocycles. The van der Waals surface area contributed by atoms with Crippen molar-refractivity contribution in [2.24, 2.45) is 0 Å². The van der Waals surface area contributed by atoms with Crippen LogP contribution in [0.3, 0.4) is 0 Å². The molecular weight excluding hydrogens is 448 g/mol. The molecule has 0 bridgehead atoms. The van der Waals surface area contributed by atoms with Crippen molar-refractivity contribution in [3.63, 3.8) is 0 Å². The second kappa shape index (κ2) is 10.0. The van der Waals surface area contributed by atoms with Crippen LogP contribution in [-0.4, -0.2) is 8.42 Å². The van der Waals surface area contributed by atoms with Crippen LogP contribution in [0.2, 0.25) is 0 Å². The first kappa shape index (κ1) is 29.6. The zero-order valence-corrected chi connectivity index (χ0v) is 25.3. The summed E-state index contributed by atoms with van der Waals surface area (Å²) in [4.78, 5) is 0.833. The first-order valence-corrected chi connectivity index (χ1v) is 14.9. The zero-order chi connectivity index (χ0) is 27.0. The summed E-state index contributed by atoms with van der Waals surface area (Å²) in [6.07, 6.45) is 3.77. The first-order valence-electron chi connectivity index (χ1n) is 13.4. The maximum Gasteiger partial charge on any atom is 0.206 e. The molecule has 0 saturated carbocycles. The van der Waals surface area contributed by atoms with Gasteiger partial charge in [0.25, 0.3) is 0 Å². The Bertz CT molecular complexity index is 994. The summed E-state index contributed by atoms with van der Waals surface area (Å²) in [6, 6.07) is 12.2. The van der Waals surface area contributed by atoms with E-state index in [1.807, 2.05) is 24.3 Å². The minimum atomic E-state index is -3.70. The van der Waals surface area contributed by atoms with Crippen LogP contribution in [-0.2, 0) is 31.5 Å². The molecule has 196 valence electrons. The van der Waals surface area contributed by atoms with Crippen molar-refractivity contribution in [3.05, 3.63) is 58.7 Å². The lowest BCUT2D eigenvalue weighted by Gasteiger charge is -2.31. The van der Waals surface area contributed by atoms with Gasteiger partial charge >= 0.3 is 0 Å². The van der Waals surface area contributed by atoms with E-state index in [9.17, 15) is 8.42 Å². The van der Waals surface area contributed by atoms with Gasteiger partial charge in [-0.3, -0.25) is 0 Å². The summed E-state index contributed by atoms with van der Waals surface area (Å²) in [5.74, 6) is 0. The van der Waals surface area contributed by atoms with Gasteiger partial charge in [-0.2, -0.15) is 0 Å². The van der Waals surface area contributed by atoms with Crippen LogP contribution < -0.4 is 0 Å². The molecule has 3 heteroatoms. The zero-order valence-electron chi connectivity index (χ0n) is 24.5. The van der Waals surface area contributed by atoms with Crippen molar-refractivity contribution in [1.29, 1.82) is 0 Å². The molecule has 2 aromatic rings. The molecule has 0 fully saturated rings. The van der Waals surface area contributed by atoms with Crippen molar-refractivity contribution in [3.8, 4) is 0 Å². The molecule has 0 radical (unpaired) electrons. The fraction of sp³-hybridized carbons (Fsp3) is 0.625. The average molecular weight is 499 g/mol. The largest absolute Gasteiger partial charge is 0.219 e. The standard InChI is InChI=1S/C32H50O2S/c1-13-29(5,6)23-17-24(30(7,8)14-2)20-27(19-23)35(33,34)28-21-25(31(9,10)15-3)18-26(22-28)32(11,12)16-4/h17-22H,13-16H2,1-12H3. The van der Waals surface area contributed by atoms with Gasteiger partial charge in [0.15, 0.2) is 0 Å². The molecule has 0 amide bonds. The Balaban J connectivity index is 2.92. The molecule has 2 aromatic carbocycles. The lowest BCUT2D eigenvalue weighted by Crippen LogP contribution is -2.22. The van der Waals surface area contributed by atoms with Crippen LogP contribution in [0, 0.1) is 0 Å². The van der Waals surface area contributed by atoms with Gasteiger partial charge in [-0.05, 0) is 93.9 Å². The topological polar surface area (TPSA) is 34.1 Å². The first-order chi connectivity index (χ1) is 15.9. The molecule has 0 aromatic heterocycles. The Morgan fingerprint density at radius 3 is 0.829 bits per heavy atom. The van der Waals surface area contributed by atoms with E-state index in [-0.39, 0.29) is 21.7 Å². The maximum atomic E-state index is 14.3. The predicted molar refractivity (Wildman–Crippen MR) is 152 cm³/mol. The second-order valence-electron chi connectivity index (χ2n) is 12.9. The molecule has 0 aliphatic carbocycles. The van der Waals surface area contributed by atoms with E-state index in [1.54, 1.807) is 0 Å². The second-order valence-corrected chi connectivity index (χ2v) is 14.9. The normalized spacial score (nSPS) is 13.8. The van der Waals surface area contributed by atoms with Crippen molar-refractivity contribution in [1.82, 2.24) is 0 Å². The van der Waals surface area contributed by atoms with E-state index in [2.05, 4.69) is 95.2 Å². The molecule has 2 nitrogen and oxygen atoms in total.